The van der Waals surface area contributed by atoms with Crippen molar-refractivity contribution >= 4 is 28.3 Å². The Bertz CT molecular complexity index is 1230. The molecule has 29 heavy (non-hydrogen) atoms. The van der Waals surface area contributed by atoms with E-state index in [1.807, 2.05) is 61.5 Å². The van der Waals surface area contributed by atoms with Crippen molar-refractivity contribution in [2.75, 3.05) is 24.3 Å². The number of hydrogen-bond acceptors (Lipinski definition) is 5. The Morgan fingerprint density at radius 3 is 2.55 bits per heavy atom. The van der Waals surface area contributed by atoms with E-state index in [1.165, 1.54) is 10.9 Å². The maximum atomic E-state index is 12.8. The summed E-state index contributed by atoms with van der Waals surface area (Å²) in [5.41, 5.74) is 2.54. The van der Waals surface area contributed by atoms with Crippen LogP contribution in [0.15, 0.2) is 66.9 Å². The number of hydrogen-bond donors (Lipinski definition) is 1. The fourth-order valence-corrected chi connectivity index (χ4v) is 2.99. The molecule has 0 aliphatic rings. The molecule has 0 aliphatic carbocycles. The summed E-state index contributed by atoms with van der Waals surface area (Å²) >= 11 is 0. The molecule has 0 bridgehead atoms. The first-order valence-corrected chi connectivity index (χ1v) is 9.00. The summed E-state index contributed by atoms with van der Waals surface area (Å²) in [6.45, 7) is 0. The Morgan fingerprint density at radius 1 is 1.07 bits per heavy atom. The molecular weight excluding hydrogens is 364 g/mol. The second kappa shape index (κ2) is 7.44. The number of benzene rings is 2. The highest BCUT2D eigenvalue weighted by molar-refractivity contribution is 6.04. The monoisotopic (exact) mass is 382 g/mol. The van der Waals surface area contributed by atoms with Gasteiger partial charge in [-0.05, 0) is 42.5 Å². The zero-order valence-corrected chi connectivity index (χ0v) is 16.0. The number of para-hydroxylation sites is 1. The molecule has 0 fully saturated rings. The SMILES string of the molecule is CN(C)c1ccc(C(=O)Nc2c(C#N)cnn2-c2ccc3ccccc3n2)cc1. The van der Waals surface area contributed by atoms with Gasteiger partial charge in [-0.3, -0.25) is 4.79 Å². The van der Waals surface area contributed by atoms with Crippen molar-refractivity contribution < 1.29 is 4.79 Å². The van der Waals surface area contributed by atoms with Gasteiger partial charge in [0.2, 0.25) is 0 Å². The van der Waals surface area contributed by atoms with Crippen LogP contribution in [-0.4, -0.2) is 34.8 Å². The molecule has 7 heteroatoms. The van der Waals surface area contributed by atoms with E-state index in [0.717, 1.165) is 16.6 Å². The number of carbonyl (C=O) groups is 1. The lowest BCUT2D eigenvalue weighted by Gasteiger charge is -2.13. The molecule has 0 aliphatic heterocycles. The summed E-state index contributed by atoms with van der Waals surface area (Å²) in [6.07, 6.45) is 1.42. The molecule has 1 N–H and O–H groups in total. The number of rotatable bonds is 4. The number of nitriles is 1. The molecular formula is C22H18N6O. The van der Waals surface area contributed by atoms with Gasteiger partial charge in [-0.15, -0.1) is 0 Å². The predicted octanol–water partition coefficient (Wildman–Crippen LogP) is 3.61. The molecule has 4 aromatic rings. The Hall–Kier alpha value is -4.18. The van der Waals surface area contributed by atoms with Gasteiger partial charge >= 0.3 is 0 Å². The lowest BCUT2D eigenvalue weighted by atomic mass is 10.2. The number of pyridine rings is 1. The Balaban J connectivity index is 1.69. The third kappa shape index (κ3) is 3.51. The molecule has 0 atom stereocenters. The van der Waals surface area contributed by atoms with Crippen molar-refractivity contribution in [3.63, 3.8) is 0 Å². The minimum atomic E-state index is -0.325. The molecule has 0 radical (unpaired) electrons. The molecule has 0 saturated carbocycles. The van der Waals surface area contributed by atoms with E-state index in [4.69, 9.17) is 0 Å². The van der Waals surface area contributed by atoms with Gasteiger partial charge in [-0.2, -0.15) is 15.0 Å². The van der Waals surface area contributed by atoms with Crippen LogP contribution in [0.2, 0.25) is 0 Å². The molecule has 142 valence electrons. The zero-order chi connectivity index (χ0) is 20.4. The second-order valence-electron chi connectivity index (χ2n) is 6.69. The average Bonchev–Trinajstić information content (AvgIpc) is 3.15. The highest BCUT2D eigenvalue weighted by atomic mass is 16.1. The summed E-state index contributed by atoms with van der Waals surface area (Å²) in [5, 5.41) is 17.5. The number of carbonyl (C=O) groups excluding carboxylic acids is 1. The first-order valence-electron chi connectivity index (χ1n) is 9.00. The third-order valence-corrected chi connectivity index (χ3v) is 4.57. The van der Waals surface area contributed by atoms with Gasteiger partial charge in [-0.1, -0.05) is 18.2 Å². The molecule has 7 nitrogen and oxygen atoms in total. The average molecular weight is 382 g/mol. The van der Waals surface area contributed by atoms with Crippen LogP contribution in [0.25, 0.3) is 16.7 Å². The van der Waals surface area contributed by atoms with Gasteiger partial charge in [0.15, 0.2) is 11.6 Å². The molecule has 1 amide bonds. The first kappa shape index (κ1) is 18.2. The standard InChI is InChI=1S/C22H18N6O/c1-27(2)18-10-7-16(8-11-18)22(29)26-21-17(13-23)14-24-28(21)20-12-9-15-5-3-4-6-19(15)25-20/h3-12,14H,1-2H3,(H,26,29). The van der Waals surface area contributed by atoms with E-state index >= 15 is 0 Å². The van der Waals surface area contributed by atoms with Crippen LogP contribution >= 0.6 is 0 Å². The number of nitrogens with zero attached hydrogens (tertiary/aromatic N) is 5. The molecule has 0 spiro atoms. The molecule has 2 heterocycles. The number of anilines is 2. The summed E-state index contributed by atoms with van der Waals surface area (Å²) in [6, 6.07) is 20.7. The second-order valence-corrected chi connectivity index (χ2v) is 6.69. The minimum Gasteiger partial charge on any atom is -0.378 e. The Kier molecular flexibility index (Phi) is 4.67. The fourth-order valence-electron chi connectivity index (χ4n) is 2.99. The first-order chi connectivity index (χ1) is 14.1. The van der Waals surface area contributed by atoms with Gasteiger partial charge in [-0.25, -0.2) is 4.98 Å². The topological polar surface area (TPSA) is 86.8 Å². The molecule has 0 unspecified atom stereocenters. The van der Waals surface area contributed by atoms with E-state index < -0.39 is 0 Å². The van der Waals surface area contributed by atoms with Crippen LogP contribution in [0, 0.1) is 11.3 Å². The third-order valence-electron chi connectivity index (χ3n) is 4.57. The van der Waals surface area contributed by atoms with E-state index in [9.17, 15) is 10.1 Å². The fraction of sp³-hybridized carbons (Fsp3) is 0.0909. The van der Waals surface area contributed by atoms with Gasteiger partial charge in [0.05, 0.1) is 11.7 Å². The van der Waals surface area contributed by atoms with Crippen molar-refractivity contribution in [3.05, 3.63) is 78.0 Å². The van der Waals surface area contributed by atoms with Crippen molar-refractivity contribution in [2.24, 2.45) is 0 Å². The number of nitrogens with one attached hydrogen (secondary N) is 1. The van der Waals surface area contributed by atoms with Crippen LogP contribution in [0.5, 0.6) is 0 Å². The van der Waals surface area contributed by atoms with Crippen molar-refractivity contribution in [2.45, 2.75) is 0 Å². The van der Waals surface area contributed by atoms with Crippen LogP contribution in [0.4, 0.5) is 11.5 Å². The van der Waals surface area contributed by atoms with Crippen LogP contribution in [0.1, 0.15) is 15.9 Å². The van der Waals surface area contributed by atoms with Gasteiger partial charge in [0.1, 0.15) is 11.6 Å². The lowest BCUT2D eigenvalue weighted by Crippen LogP contribution is -2.17. The summed E-state index contributed by atoms with van der Waals surface area (Å²) < 4.78 is 1.47. The smallest absolute Gasteiger partial charge is 0.256 e. The van der Waals surface area contributed by atoms with E-state index in [-0.39, 0.29) is 17.3 Å². The van der Waals surface area contributed by atoms with Crippen LogP contribution in [-0.2, 0) is 0 Å². The number of aromatic nitrogens is 3. The van der Waals surface area contributed by atoms with Crippen molar-refractivity contribution in [1.82, 2.24) is 14.8 Å². The predicted molar refractivity (Wildman–Crippen MR) is 112 cm³/mol. The van der Waals surface area contributed by atoms with Gasteiger partial charge in [0, 0.05) is 30.7 Å². The molecule has 2 aromatic carbocycles. The maximum absolute atomic E-state index is 12.8. The molecule has 4 rings (SSSR count). The molecule has 2 aromatic heterocycles. The Morgan fingerprint density at radius 2 is 1.83 bits per heavy atom. The highest BCUT2D eigenvalue weighted by Crippen LogP contribution is 2.22. The largest absolute Gasteiger partial charge is 0.378 e. The Labute approximate surface area is 167 Å². The van der Waals surface area contributed by atoms with Crippen LogP contribution < -0.4 is 10.2 Å². The number of fused-ring (bicyclic) bond motifs is 1. The van der Waals surface area contributed by atoms with Gasteiger partial charge in [0.25, 0.3) is 5.91 Å². The highest BCUT2D eigenvalue weighted by Gasteiger charge is 2.17. The van der Waals surface area contributed by atoms with Crippen LogP contribution in [0.3, 0.4) is 0 Å². The summed E-state index contributed by atoms with van der Waals surface area (Å²) in [4.78, 5) is 19.3. The summed E-state index contributed by atoms with van der Waals surface area (Å²) in [5.74, 6) is 0.481. The van der Waals surface area contributed by atoms with E-state index in [0.29, 0.717) is 11.4 Å². The van der Waals surface area contributed by atoms with Gasteiger partial charge < -0.3 is 10.2 Å². The van der Waals surface area contributed by atoms with E-state index in [1.54, 1.807) is 18.2 Å². The van der Waals surface area contributed by atoms with E-state index in [2.05, 4.69) is 21.5 Å². The summed E-state index contributed by atoms with van der Waals surface area (Å²) in [7, 11) is 3.87. The number of amides is 1. The quantitative estimate of drug-likeness (QED) is 0.583. The van der Waals surface area contributed by atoms with Crippen molar-refractivity contribution in [3.8, 4) is 11.9 Å². The zero-order valence-electron chi connectivity index (χ0n) is 16.0. The maximum Gasteiger partial charge on any atom is 0.256 e. The minimum absolute atomic E-state index is 0.262. The lowest BCUT2D eigenvalue weighted by molar-refractivity contribution is 0.102. The van der Waals surface area contributed by atoms with Crippen molar-refractivity contribution in [1.29, 1.82) is 5.26 Å². The normalized spacial score (nSPS) is 10.5. The molecule has 0 saturated heterocycles.